The molecule has 0 aliphatic carbocycles. The van der Waals surface area contributed by atoms with E-state index >= 15 is 0 Å². The maximum absolute atomic E-state index is 13.2. The zero-order valence-electron chi connectivity index (χ0n) is 17.4. The molecule has 2 heterocycles. The Morgan fingerprint density at radius 1 is 1.07 bits per heavy atom. The molecule has 0 spiro atoms. The first-order valence-electron chi connectivity index (χ1n) is 10.1. The Hall–Kier alpha value is -2.67. The number of halogens is 1. The molecule has 1 aromatic carbocycles. The van der Waals surface area contributed by atoms with Gasteiger partial charge in [-0.25, -0.2) is 9.18 Å². The SMILES string of the molecule is CCCNC(=O)N1CCN(CC(=O)c2cc(C)n(-c3ccc(F)cc3)c2C)CC1. The van der Waals surface area contributed by atoms with Gasteiger partial charge in [-0.15, -0.1) is 0 Å². The van der Waals surface area contributed by atoms with Crippen LogP contribution in [0.5, 0.6) is 0 Å². The third-order valence-corrected chi connectivity index (χ3v) is 5.37. The first-order valence-corrected chi connectivity index (χ1v) is 10.1. The van der Waals surface area contributed by atoms with E-state index in [0.29, 0.717) is 44.8 Å². The number of aromatic nitrogens is 1. The predicted octanol–water partition coefficient (Wildman–Crippen LogP) is 3.15. The molecule has 0 saturated carbocycles. The molecule has 1 fully saturated rings. The number of rotatable bonds is 6. The summed E-state index contributed by atoms with van der Waals surface area (Å²) in [4.78, 5) is 28.9. The highest BCUT2D eigenvalue weighted by Crippen LogP contribution is 2.22. The Bertz CT molecular complexity index is 868. The number of benzene rings is 1. The number of urea groups is 1. The molecule has 0 unspecified atom stereocenters. The average Bonchev–Trinajstić information content (AvgIpc) is 3.01. The van der Waals surface area contributed by atoms with E-state index in [-0.39, 0.29) is 17.6 Å². The van der Waals surface area contributed by atoms with Crippen LogP contribution in [-0.4, -0.2) is 65.4 Å². The zero-order valence-corrected chi connectivity index (χ0v) is 17.4. The van der Waals surface area contributed by atoms with Crippen LogP contribution in [0, 0.1) is 19.7 Å². The number of hydrogen-bond acceptors (Lipinski definition) is 3. The van der Waals surface area contributed by atoms with Gasteiger partial charge in [0.1, 0.15) is 5.82 Å². The Morgan fingerprint density at radius 2 is 1.72 bits per heavy atom. The van der Waals surface area contributed by atoms with Gasteiger partial charge in [0, 0.05) is 55.4 Å². The lowest BCUT2D eigenvalue weighted by Crippen LogP contribution is -2.52. The van der Waals surface area contributed by atoms with Crippen molar-refractivity contribution in [3.8, 4) is 5.69 Å². The van der Waals surface area contributed by atoms with Crippen molar-refractivity contribution < 1.29 is 14.0 Å². The quantitative estimate of drug-likeness (QED) is 0.758. The number of aryl methyl sites for hydroxylation is 1. The van der Waals surface area contributed by atoms with Crippen molar-refractivity contribution >= 4 is 11.8 Å². The van der Waals surface area contributed by atoms with E-state index in [1.807, 2.05) is 31.4 Å². The molecule has 6 nitrogen and oxygen atoms in total. The fourth-order valence-corrected chi connectivity index (χ4v) is 3.77. The van der Waals surface area contributed by atoms with E-state index in [0.717, 1.165) is 23.5 Å². The third-order valence-electron chi connectivity index (χ3n) is 5.37. The van der Waals surface area contributed by atoms with E-state index in [9.17, 15) is 14.0 Å². The van der Waals surface area contributed by atoms with Gasteiger partial charge >= 0.3 is 6.03 Å². The summed E-state index contributed by atoms with van der Waals surface area (Å²) in [6, 6.07) is 8.15. The number of piperazine rings is 1. The number of carbonyl (C=O) groups is 2. The highest BCUT2D eigenvalue weighted by atomic mass is 19.1. The number of nitrogens with one attached hydrogen (secondary N) is 1. The monoisotopic (exact) mass is 400 g/mol. The number of nitrogens with zero attached hydrogens (tertiary/aromatic N) is 3. The minimum Gasteiger partial charge on any atom is -0.338 e. The highest BCUT2D eigenvalue weighted by Gasteiger charge is 2.24. The summed E-state index contributed by atoms with van der Waals surface area (Å²) >= 11 is 0. The van der Waals surface area contributed by atoms with Crippen LogP contribution >= 0.6 is 0 Å². The van der Waals surface area contributed by atoms with Gasteiger partial charge in [0.15, 0.2) is 5.78 Å². The highest BCUT2D eigenvalue weighted by molar-refractivity contribution is 5.99. The molecule has 156 valence electrons. The molecule has 2 aromatic rings. The lowest BCUT2D eigenvalue weighted by Gasteiger charge is -2.34. The van der Waals surface area contributed by atoms with Crippen molar-refractivity contribution in [2.45, 2.75) is 27.2 Å². The zero-order chi connectivity index (χ0) is 21.0. The topological polar surface area (TPSA) is 57.6 Å². The maximum atomic E-state index is 13.2. The molecule has 0 atom stereocenters. The van der Waals surface area contributed by atoms with Crippen LogP contribution in [0.2, 0.25) is 0 Å². The summed E-state index contributed by atoms with van der Waals surface area (Å²) < 4.78 is 15.2. The standard InChI is InChI=1S/C22H29FN4O2/c1-4-9-24-22(29)26-12-10-25(11-13-26)15-21(28)20-14-16(2)27(17(20)3)19-7-5-18(23)6-8-19/h5-8,14H,4,9-13,15H2,1-3H3,(H,24,29). The van der Waals surface area contributed by atoms with Crippen molar-refractivity contribution in [2.24, 2.45) is 0 Å². The Kier molecular flexibility index (Phi) is 6.69. The van der Waals surface area contributed by atoms with Crippen molar-refractivity contribution in [1.82, 2.24) is 19.7 Å². The van der Waals surface area contributed by atoms with Gasteiger partial charge in [-0.05, 0) is 50.6 Å². The Balaban J connectivity index is 1.63. The molecule has 7 heteroatoms. The van der Waals surface area contributed by atoms with Crippen LogP contribution in [0.15, 0.2) is 30.3 Å². The molecule has 0 bridgehead atoms. The summed E-state index contributed by atoms with van der Waals surface area (Å²) in [7, 11) is 0. The Morgan fingerprint density at radius 3 is 2.34 bits per heavy atom. The van der Waals surface area contributed by atoms with E-state index in [1.54, 1.807) is 17.0 Å². The molecule has 1 aliphatic rings. The van der Waals surface area contributed by atoms with Gasteiger partial charge in [0.25, 0.3) is 0 Å². The molecule has 29 heavy (non-hydrogen) atoms. The van der Waals surface area contributed by atoms with Gasteiger partial charge in [-0.1, -0.05) is 6.92 Å². The number of amides is 2. The fraction of sp³-hybridized carbons (Fsp3) is 0.455. The van der Waals surface area contributed by atoms with Crippen LogP contribution in [0.1, 0.15) is 35.1 Å². The molecule has 3 rings (SSSR count). The maximum Gasteiger partial charge on any atom is 0.317 e. The summed E-state index contributed by atoms with van der Waals surface area (Å²) in [5.74, 6) is -0.217. The fourth-order valence-electron chi connectivity index (χ4n) is 3.77. The molecule has 1 aliphatic heterocycles. The number of carbonyl (C=O) groups excluding carboxylic acids is 2. The second-order valence-corrected chi connectivity index (χ2v) is 7.51. The van der Waals surface area contributed by atoms with Gasteiger partial charge in [-0.3, -0.25) is 9.69 Å². The molecule has 0 radical (unpaired) electrons. The average molecular weight is 400 g/mol. The van der Waals surface area contributed by atoms with Crippen LogP contribution in [0.25, 0.3) is 5.69 Å². The molecule has 1 aromatic heterocycles. The number of ketones is 1. The van der Waals surface area contributed by atoms with Crippen LogP contribution in [0.3, 0.4) is 0 Å². The minimum atomic E-state index is -0.282. The van der Waals surface area contributed by atoms with Gasteiger partial charge in [-0.2, -0.15) is 0 Å². The summed E-state index contributed by atoms with van der Waals surface area (Å²) in [5, 5.41) is 2.89. The largest absolute Gasteiger partial charge is 0.338 e. The first-order chi connectivity index (χ1) is 13.9. The van der Waals surface area contributed by atoms with Crippen molar-refractivity contribution in [3.63, 3.8) is 0 Å². The van der Waals surface area contributed by atoms with E-state index in [2.05, 4.69) is 10.2 Å². The molecule has 2 amide bonds. The second kappa shape index (κ2) is 9.22. The van der Waals surface area contributed by atoms with Crippen molar-refractivity contribution in [1.29, 1.82) is 0 Å². The summed E-state index contributed by atoms with van der Waals surface area (Å²) in [6.45, 7) is 9.51. The number of Topliss-reactive ketones (excluding diaryl/α,β-unsaturated/α-hetero) is 1. The van der Waals surface area contributed by atoms with Gasteiger partial charge < -0.3 is 14.8 Å². The van der Waals surface area contributed by atoms with Crippen molar-refractivity contribution in [2.75, 3.05) is 39.3 Å². The van der Waals surface area contributed by atoms with Crippen LogP contribution < -0.4 is 5.32 Å². The molecule has 1 saturated heterocycles. The molecular weight excluding hydrogens is 371 g/mol. The molecular formula is C22H29FN4O2. The van der Waals surface area contributed by atoms with Gasteiger partial charge in [0.05, 0.1) is 6.54 Å². The summed E-state index contributed by atoms with van der Waals surface area (Å²) in [5.41, 5.74) is 3.33. The normalized spacial score (nSPS) is 14.8. The minimum absolute atomic E-state index is 0.0272. The van der Waals surface area contributed by atoms with E-state index in [1.165, 1.54) is 12.1 Å². The lowest BCUT2D eigenvalue weighted by atomic mass is 10.1. The summed E-state index contributed by atoms with van der Waals surface area (Å²) in [6.07, 6.45) is 0.913. The van der Waals surface area contributed by atoms with Crippen LogP contribution in [0.4, 0.5) is 9.18 Å². The van der Waals surface area contributed by atoms with Crippen LogP contribution in [-0.2, 0) is 0 Å². The van der Waals surface area contributed by atoms with Gasteiger partial charge in [0.2, 0.25) is 0 Å². The smallest absolute Gasteiger partial charge is 0.317 e. The lowest BCUT2D eigenvalue weighted by molar-refractivity contribution is 0.0878. The predicted molar refractivity (Wildman–Crippen MR) is 111 cm³/mol. The Labute approximate surface area is 171 Å². The number of hydrogen-bond donors (Lipinski definition) is 1. The van der Waals surface area contributed by atoms with E-state index in [4.69, 9.17) is 0 Å². The first kappa shape index (κ1) is 21.0. The van der Waals surface area contributed by atoms with Crippen molar-refractivity contribution in [3.05, 3.63) is 53.1 Å². The van der Waals surface area contributed by atoms with E-state index < -0.39 is 0 Å². The third kappa shape index (κ3) is 4.85. The molecule has 1 N–H and O–H groups in total. The second-order valence-electron chi connectivity index (χ2n) is 7.51.